The van der Waals surface area contributed by atoms with Crippen LogP contribution in [0, 0.1) is 11.7 Å². The maximum atomic E-state index is 13.6. The highest BCUT2D eigenvalue weighted by atomic mass is 32.2. The van der Waals surface area contributed by atoms with E-state index in [0.29, 0.717) is 12.5 Å². The zero-order chi connectivity index (χ0) is 13.3. The van der Waals surface area contributed by atoms with Gasteiger partial charge in [-0.3, -0.25) is 0 Å². The fourth-order valence-corrected chi connectivity index (χ4v) is 4.02. The van der Waals surface area contributed by atoms with Gasteiger partial charge >= 0.3 is 0 Å². The van der Waals surface area contributed by atoms with Gasteiger partial charge in [0.15, 0.2) is 5.82 Å². The third-order valence-electron chi connectivity index (χ3n) is 3.34. The summed E-state index contributed by atoms with van der Waals surface area (Å²) in [5, 5.41) is -0.467. The smallest absolute Gasteiger partial charge is 0.241 e. The summed E-state index contributed by atoms with van der Waals surface area (Å²) in [5.41, 5.74) is 0. The third kappa shape index (κ3) is 2.40. The van der Waals surface area contributed by atoms with Crippen LogP contribution in [0.25, 0.3) is 0 Å². The van der Waals surface area contributed by atoms with E-state index in [1.54, 1.807) is 0 Å². The molecule has 4 nitrogen and oxygen atoms in total. The van der Waals surface area contributed by atoms with Crippen LogP contribution in [0.4, 0.5) is 4.39 Å². The second-order valence-corrected chi connectivity index (χ2v) is 6.70. The highest BCUT2D eigenvalue weighted by Gasteiger charge is 2.35. The van der Waals surface area contributed by atoms with E-state index in [0.717, 1.165) is 18.9 Å². The van der Waals surface area contributed by atoms with Gasteiger partial charge < -0.3 is 0 Å². The predicted octanol–water partition coefficient (Wildman–Crippen LogP) is 2.03. The van der Waals surface area contributed by atoms with Gasteiger partial charge in [0, 0.05) is 18.8 Å². The lowest BCUT2D eigenvalue weighted by Gasteiger charge is -2.35. The lowest BCUT2D eigenvalue weighted by Crippen LogP contribution is -2.45. The minimum Gasteiger partial charge on any atom is -0.241 e. The molecule has 0 radical (unpaired) electrons. The van der Waals surface area contributed by atoms with Crippen molar-refractivity contribution in [3.05, 3.63) is 24.1 Å². The molecule has 2 heterocycles. The van der Waals surface area contributed by atoms with Crippen molar-refractivity contribution in [2.24, 2.45) is 5.92 Å². The van der Waals surface area contributed by atoms with Crippen LogP contribution in [0.3, 0.4) is 0 Å². The molecule has 100 valence electrons. The van der Waals surface area contributed by atoms with Gasteiger partial charge in [0.2, 0.25) is 5.03 Å². The molecule has 0 amide bonds. The maximum Gasteiger partial charge on any atom is 0.263 e. The zero-order valence-electron chi connectivity index (χ0n) is 10.5. The summed E-state index contributed by atoms with van der Waals surface area (Å²) < 4.78 is 39.7. The molecule has 6 heteroatoms. The van der Waals surface area contributed by atoms with Crippen molar-refractivity contribution in [3.8, 4) is 0 Å². The number of piperidine rings is 1. The summed E-state index contributed by atoms with van der Waals surface area (Å²) in [6.45, 7) is 4.28. The largest absolute Gasteiger partial charge is 0.263 e. The normalized spacial score (nSPS) is 26.2. The van der Waals surface area contributed by atoms with Crippen molar-refractivity contribution in [1.82, 2.24) is 9.29 Å². The van der Waals surface area contributed by atoms with E-state index >= 15 is 0 Å². The average molecular weight is 272 g/mol. The lowest BCUT2D eigenvalue weighted by atomic mass is 9.97. The molecule has 18 heavy (non-hydrogen) atoms. The molecule has 2 unspecified atom stereocenters. The molecule has 0 spiro atoms. The molecule has 2 atom stereocenters. The molecule has 0 aromatic carbocycles. The number of hydrogen-bond acceptors (Lipinski definition) is 3. The van der Waals surface area contributed by atoms with E-state index in [-0.39, 0.29) is 6.04 Å². The number of aromatic nitrogens is 1. The van der Waals surface area contributed by atoms with Crippen molar-refractivity contribution in [2.45, 2.75) is 37.8 Å². The minimum atomic E-state index is -3.83. The molecule has 2 rings (SSSR count). The number of nitrogens with zero attached hydrogens (tertiary/aromatic N) is 2. The van der Waals surface area contributed by atoms with Gasteiger partial charge in [-0.2, -0.15) is 4.31 Å². The molecule has 1 saturated heterocycles. The Balaban J connectivity index is 2.39. The highest BCUT2D eigenvalue weighted by Crippen LogP contribution is 2.27. The first-order valence-electron chi connectivity index (χ1n) is 6.05. The molecule has 1 aliphatic heterocycles. The SMILES string of the molecule is CC1CCC(C)N(S(=O)(=O)c2ncccc2F)C1. The molecule has 1 aromatic heterocycles. The highest BCUT2D eigenvalue weighted by molar-refractivity contribution is 7.89. The Hall–Kier alpha value is -1.01. The fourth-order valence-electron chi connectivity index (χ4n) is 2.26. The van der Waals surface area contributed by atoms with Gasteiger partial charge in [-0.25, -0.2) is 17.8 Å². The van der Waals surface area contributed by atoms with Gasteiger partial charge in [0.1, 0.15) is 0 Å². The zero-order valence-corrected chi connectivity index (χ0v) is 11.3. The van der Waals surface area contributed by atoms with E-state index in [4.69, 9.17) is 0 Å². The molecule has 1 aliphatic rings. The number of pyridine rings is 1. The number of hydrogen-bond donors (Lipinski definition) is 0. The Morgan fingerprint density at radius 2 is 2.11 bits per heavy atom. The van der Waals surface area contributed by atoms with E-state index in [1.165, 1.54) is 16.6 Å². The van der Waals surface area contributed by atoms with Crippen LogP contribution in [0.5, 0.6) is 0 Å². The van der Waals surface area contributed by atoms with Gasteiger partial charge in [0.05, 0.1) is 0 Å². The lowest BCUT2D eigenvalue weighted by molar-refractivity contribution is 0.217. The number of halogens is 1. The number of rotatable bonds is 2. The third-order valence-corrected chi connectivity index (χ3v) is 5.25. The first-order valence-corrected chi connectivity index (χ1v) is 7.49. The monoisotopic (exact) mass is 272 g/mol. The summed E-state index contributed by atoms with van der Waals surface area (Å²) in [4.78, 5) is 3.68. The number of sulfonamides is 1. The minimum absolute atomic E-state index is 0.104. The van der Waals surface area contributed by atoms with Gasteiger partial charge in [-0.05, 0) is 37.8 Å². The van der Waals surface area contributed by atoms with Crippen LogP contribution in [-0.4, -0.2) is 30.3 Å². The van der Waals surface area contributed by atoms with Crippen molar-refractivity contribution >= 4 is 10.0 Å². The van der Waals surface area contributed by atoms with E-state index in [1.807, 2.05) is 13.8 Å². The predicted molar refractivity (Wildman–Crippen MR) is 65.9 cm³/mol. The molecule has 1 fully saturated rings. The summed E-state index contributed by atoms with van der Waals surface area (Å²) in [7, 11) is -3.83. The van der Waals surface area contributed by atoms with E-state index < -0.39 is 20.9 Å². The summed E-state index contributed by atoms with van der Waals surface area (Å²) in [6, 6.07) is 2.40. The molecular weight excluding hydrogens is 255 g/mol. The Morgan fingerprint density at radius 1 is 1.39 bits per heavy atom. The van der Waals surface area contributed by atoms with Gasteiger partial charge in [-0.1, -0.05) is 6.92 Å². The van der Waals surface area contributed by atoms with Crippen molar-refractivity contribution in [2.75, 3.05) is 6.54 Å². The first-order chi connectivity index (χ1) is 8.43. The summed E-state index contributed by atoms with van der Waals surface area (Å²) >= 11 is 0. The quantitative estimate of drug-likeness (QED) is 0.827. The van der Waals surface area contributed by atoms with Crippen LogP contribution in [0.2, 0.25) is 0 Å². The second-order valence-electron chi connectivity index (χ2n) is 4.90. The van der Waals surface area contributed by atoms with E-state index in [2.05, 4.69) is 4.98 Å². The summed E-state index contributed by atoms with van der Waals surface area (Å²) in [6.07, 6.45) is 3.10. The van der Waals surface area contributed by atoms with Crippen LogP contribution in [0.1, 0.15) is 26.7 Å². The Labute approximate surface area is 107 Å². The van der Waals surface area contributed by atoms with Crippen LogP contribution < -0.4 is 0 Å². The van der Waals surface area contributed by atoms with E-state index in [9.17, 15) is 12.8 Å². The van der Waals surface area contributed by atoms with Crippen LogP contribution in [-0.2, 0) is 10.0 Å². The fraction of sp³-hybridized carbons (Fsp3) is 0.583. The average Bonchev–Trinajstić information content (AvgIpc) is 2.32. The molecule has 0 saturated carbocycles. The Morgan fingerprint density at radius 3 is 2.78 bits per heavy atom. The molecular formula is C12H17FN2O2S. The van der Waals surface area contributed by atoms with Gasteiger partial charge in [-0.15, -0.1) is 0 Å². The summed E-state index contributed by atoms with van der Waals surface area (Å²) in [5.74, 6) is -0.495. The molecule has 0 bridgehead atoms. The Bertz CT molecular complexity index is 533. The van der Waals surface area contributed by atoms with Gasteiger partial charge in [0.25, 0.3) is 10.0 Å². The molecule has 1 aromatic rings. The van der Waals surface area contributed by atoms with Crippen LogP contribution >= 0.6 is 0 Å². The standard InChI is InChI=1S/C12H17FN2O2S/c1-9-5-6-10(2)15(8-9)18(16,17)12-11(13)4-3-7-14-12/h3-4,7,9-10H,5-6,8H2,1-2H3. The second kappa shape index (κ2) is 4.93. The maximum absolute atomic E-state index is 13.6. The molecule has 0 aliphatic carbocycles. The first kappa shape index (κ1) is 13.4. The van der Waals surface area contributed by atoms with Crippen molar-refractivity contribution in [3.63, 3.8) is 0 Å². The molecule has 0 N–H and O–H groups in total. The van der Waals surface area contributed by atoms with Crippen LogP contribution in [0.15, 0.2) is 23.4 Å². The van der Waals surface area contributed by atoms with Crippen molar-refractivity contribution < 1.29 is 12.8 Å². The van der Waals surface area contributed by atoms with Crippen molar-refractivity contribution in [1.29, 1.82) is 0 Å². The topological polar surface area (TPSA) is 50.3 Å². The Kier molecular flexibility index (Phi) is 3.68.